The normalized spacial score (nSPS) is 13.1. The van der Waals surface area contributed by atoms with Crippen molar-refractivity contribution < 1.29 is 19.1 Å². The smallest absolute Gasteiger partial charge is 0.321 e. The molecule has 0 aromatic rings. The summed E-state index contributed by atoms with van der Waals surface area (Å²) in [5.74, 6) is -2.14. The first-order chi connectivity index (χ1) is 7.31. The minimum absolute atomic E-state index is 0.236. The fraction of sp³-hybridized carbons (Fsp3) is 0.800. The molecule has 0 aromatic heterocycles. The lowest BCUT2D eigenvalue weighted by Crippen LogP contribution is -2.34. The van der Waals surface area contributed by atoms with Gasteiger partial charge in [0.25, 0.3) is 0 Å². The monoisotopic (exact) mass is 295 g/mol. The van der Waals surface area contributed by atoms with Crippen LogP contribution < -0.4 is 5.73 Å². The van der Waals surface area contributed by atoms with Crippen molar-refractivity contribution in [2.24, 2.45) is 11.7 Å². The second-order valence-corrected chi connectivity index (χ2v) is 4.99. The molecule has 5 nitrogen and oxygen atoms in total. The first kappa shape index (κ1) is 15.4. The summed E-state index contributed by atoms with van der Waals surface area (Å²) >= 11 is 3.17. The van der Waals surface area contributed by atoms with Crippen molar-refractivity contribution >= 4 is 27.9 Å². The largest absolute Gasteiger partial charge is 0.459 e. The van der Waals surface area contributed by atoms with Gasteiger partial charge in [-0.25, -0.2) is 0 Å². The summed E-state index contributed by atoms with van der Waals surface area (Å²) in [6, 6.07) is 0. The quantitative estimate of drug-likeness (QED) is 0.357. The van der Waals surface area contributed by atoms with Crippen LogP contribution in [0.3, 0.4) is 0 Å². The van der Waals surface area contributed by atoms with E-state index in [2.05, 4.69) is 20.7 Å². The maximum absolute atomic E-state index is 11.7. The summed E-state index contributed by atoms with van der Waals surface area (Å²) in [6.07, 6.45) is 0.327. The minimum atomic E-state index is -0.915. The lowest BCUT2D eigenvalue weighted by atomic mass is 10.1. The number of esters is 2. The molecule has 6 heteroatoms. The first-order valence-electron chi connectivity index (χ1n) is 4.97. The third-order valence-electron chi connectivity index (χ3n) is 1.60. The second kappa shape index (κ2) is 6.85. The lowest BCUT2D eigenvalue weighted by Gasteiger charge is -2.22. The summed E-state index contributed by atoms with van der Waals surface area (Å²) < 4.78 is 9.73. The Morgan fingerprint density at radius 1 is 1.31 bits per heavy atom. The fourth-order valence-electron chi connectivity index (χ4n) is 0.997. The summed E-state index contributed by atoms with van der Waals surface area (Å²) in [5.41, 5.74) is 4.46. The predicted molar refractivity (Wildman–Crippen MR) is 62.9 cm³/mol. The van der Waals surface area contributed by atoms with E-state index in [1.807, 2.05) is 0 Å². The van der Waals surface area contributed by atoms with Gasteiger partial charge in [0, 0.05) is 5.33 Å². The van der Waals surface area contributed by atoms with Crippen molar-refractivity contribution in [1.82, 2.24) is 0 Å². The number of rotatable bonds is 5. The number of halogens is 1. The summed E-state index contributed by atoms with van der Waals surface area (Å²) in [7, 11) is 0. The van der Waals surface area contributed by atoms with Crippen LogP contribution in [0.15, 0.2) is 0 Å². The molecule has 0 saturated carbocycles. The molecule has 0 saturated heterocycles. The van der Waals surface area contributed by atoms with E-state index in [0.717, 1.165) is 0 Å². The van der Waals surface area contributed by atoms with Gasteiger partial charge in [0.15, 0.2) is 5.92 Å². The molecule has 2 N–H and O–H groups in total. The highest BCUT2D eigenvalue weighted by Gasteiger charge is 2.31. The molecule has 1 atom stereocenters. The third-order valence-corrected chi connectivity index (χ3v) is 2.06. The molecule has 1 unspecified atom stereocenters. The Bertz CT molecular complexity index is 250. The summed E-state index contributed by atoms with van der Waals surface area (Å²) in [5, 5.41) is 0.510. The zero-order valence-electron chi connectivity index (χ0n) is 9.79. The van der Waals surface area contributed by atoms with E-state index in [4.69, 9.17) is 10.5 Å². The Labute approximate surface area is 104 Å². The number of alkyl halides is 1. The zero-order chi connectivity index (χ0) is 12.8. The number of hydrogen-bond acceptors (Lipinski definition) is 5. The molecule has 0 aliphatic heterocycles. The van der Waals surface area contributed by atoms with E-state index in [1.165, 1.54) is 0 Å². The van der Waals surface area contributed by atoms with Crippen molar-refractivity contribution in [1.29, 1.82) is 0 Å². The molecular formula is C10H18BrNO4. The first-order valence-corrected chi connectivity index (χ1v) is 6.09. The molecule has 0 bridgehead atoms. The Morgan fingerprint density at radius 2 is 1.88 bits per heavy atom. The zero-order valence-corrected chi connectivity index (χ0v) is 11.4. The van der Waals surface area contributed by atoms with Gasteiger partial charge in [-0.2, -0.15) is 0 Å². The topological polar surface area (TPSA) is 78.6 Å². The summed E-state index contributed by atoms with van der Waals surface area (Å²) in [6.45, 7) is 4.99. The minimum Gasteiger partial charge on any atom is -0.459 e. The average molecular weight is 296 g/mol. The van der Waals surface area contributed by atoms with Gasteiger partial charge in [0.05, 0.1) is 0 Å². The fourth-order valence-corrected chi connectivity index (χ4v) is 1.45. The molecule has 0 amide bonds. The second-order valence-electron chi connectivity index (χ2n) is 4.19. The van der Waals surface area contributed by atoms with Crippen molar-refractivity contribution in [3.05, 3.63) is 0 Å². The van der Waals surface area contributed by atoms with Gasteiger partial charge in [-0.1, -0.05) is 15.9 Å². The van der Waals surface area contributed by atoms with Crippen molar-refractivity contribution in [2.75, 3.05) is 12.1 Å². The van der Waals surface area contributed by atoms with Crippen LogP contribution in [0.2, 0.25) is 0 Å². The van der Waals surface area contributed by atoms with E-state index in [9.17, 15) is 9.59 Å². The van der Waals surface area contributed by atoms with Crippen LogP contribution in [0.5, 0.6) is 0 Å². The van der Waals surface area contributed by atoms with E-state index in [-0.39, 0.29) is 6.73 Å². The van der Waals surface area contributed by atoms with Gasteiger partial charge in [-0.05, 0) is 27.2 Å². The van der Waals surface area contributed by atoms with Crippen LogP contribution >= 0.6 is 15.9 Å². The van der Waals surface area contributed by atoms with E-state index in [1.54, 1.807) is 20.8 Å². The number of carbonyl (C=O) groups excluding carboxylic acids is 2. The van der Waals surface area contributed by atoms with Gasteiger partial charge < -0.3 is 9.47 Å². The molecule has 0 rings (SSSR count). The molecule has 0 aromatic carbocycles. The van der Waals surface area contributed by atoms with Gasteiger partial charge in [-0.3, -0.25) is 15.3 Å². The molecule has 0 spiro atoms. The SMILES string of the molecule is CC(C)(C)OC(=O)C(CCBr)C(=O)OCN. The Morgan fingerprint density at radius 3 is 2.25 bits per heavy atom. The van der Waals surface area contributed by atoms with Crippen LogP contribution in [0.1, 0.15) is 27.2 Å². The molecule has 0 radical (unpaired) electrons. The maximum atomic E-state index is 11.7. The molecule has 0 aliphatic rings. The lowest BCUT2D eigenvalue weighted by molar-refractivity contribution is -0.169. The highest BCUT2D eigenvalue weighted by molar-refractivity contribution is 9.09. The number of nitrogens with two attached hydrogens (primary N) is 1. The Hall–Kier alpha value is -0.620. The van der Waals surface area contributed by atoms with Crippen LogP contribution in [0.4, 0.5) is 0 Å². The predicted octanol–water partition coefficient (Wildman–Crippen LogP) is 1.19. The Kier molecular flexibility index (Phi) is 6.59. The van der Waals surface area contributed by atoms with Crippen molar-refractivity contribution in [2.45, 2.75) is 32.8 Å². The van der Waals surface area contributed by atoms with E-state index < -0.39 is 23.5 Å². The van der Waals surface area contributed by atoms with Gasteiger partial charge in [0.2, 0.25) is 0 Å². The van der Waals surface area contributed by atoms with Gasteiger partial charge in [-0.15, -0.1) is 0 Å². The molecular weight excluding hydrogens is 278 g/mol. The van der Waals surface area contributed by atoms with Gasteiger partial charge in [0.1, 0.15) is 12.3 Å². The Balaban J connectivity index is 4.52. The molecule has 94 valence electrons. The van der Waals surface area contributed by atoms with E-state index >= 15 is 0 Å². The third kappa shape index (κ3) is 6.07. The highest BCUT2D eigenvalue weighted by Crippen LogP contribution is 2.16. The highest BCUT2D eigenvalue weighted by atomic mass is 79.9. The molecule has 16 heavy (non-hydrogen) atoms. The molecule has 0 heterocycles. The van der Waals surface area contributed by atoms with Gasteiger partial charge >= 0.3 is 11.9 Å². The molecule has 0 fully saturated rings. The maximum Gasteiger partial charge on any atom is 0.321 e. The van der Waals surface area contributed by atoms with Crippen LogP contribution in [-0.4, -0.2) is 29.6 Å². The average Bonchev–Trinajstić information content (AvgIpc) is 2.11. The van der Waals surface area contributed by atoms with Crippen molar-refractivity contribution in [3.63, 3.8) is 0 Å². The standard InChI is InChI=1S/C10H18BrNO4/c1-10(2,3)16-9(14)7(4-5-11)8(13)15-6-12/h7H,4-6,12H2,1-3H3. The summed E-state index contributed by atoms with van der Waals surface area (Å²) in [4.78, 5) is 23.1. The van der Waals surface area contributed by atoms with Crippen molar-refractivity contribution in [3.8, 4) is 0 Å². The molecule has 0 aliphatic carbocycles. The van der Waals surface area contributed by atoms with Crippen LogP contribution in [0, 0.1) is 5.92 Å². The number of hydrogen-bond donors (Lipinski definition) is 1. The van der Waals surface area contributed by atoms with Crippen LogP contribution in [-0.2, 0) is 19.1 Å². The van der Waals surface area contributed by atoms with E-state index in [0.29, 0.717) is 11.8 Å². The number of ether oxygens (including phenoxy) is 2. The van der Waals surface area contributed by atoms with Crippen LogP contribution in [0.25, 0.3) is 0 Å². The number of carbonyl (C=O) groups is 2.